The number of aromatic nitrogens is 2. The second-order valence-electron chi connectivity index (χ2n) is 3.58. The van der Waals surface area contributed by atoms with Gasteiger partial charge in [0.1, 0.15) is 11.4 Å². The second kappa shape index (κ2) is 4.53. The molecule has 1 amide bonds. The van der Waals surface area contributed by atoms with Crippen LogP contribution in [0.4, 0.5) is 8.78 Å². The maximum atomic E-state index is 13.7. The van der Waals surface area contributed by atoms with Crippen LogP contribution in [0.5, 0.6) is 0 Å². The average Bonchev–Trinajstić information content (AvgIpc) is 2.77. The van der Waals surface area contributed by atoms with E-state index >= 15 is 0 Å². The van der Waals surface area contributed by atoms with Gasteiger partial charge in [0.05, 0.1) is 6.61 Å². The molecule has 5 nitrogen and oxygen atoms in total. The summed E-state index contributed by atoms with van der Waals surface area (Å²) in [7, 11) is 0. The molecule has 0 fully saturated rings. The van der Waals surface area contributed by atoms with Crippen molar-refractivity contribution in [2.24, 2.45) is 5.73 Å². The van der Waals surface area contributed by atoms with Crippen molar-refractivity contribution < 1.29 is 18.7 Å². The number of primary amides is 1. The highest BCUT2D eigenvalue weighted by Gasteiger charge is 2.15. The number of rotatable bonds is 3. The highest BCUT2D eigenvalue weighted by atomic mass is 19.1. The van der Waals surface area contributed by atoms with Crippen LogP contribution in [0, 0.1) is 11.6 Å². The first-order valence-electron chi connectivity index (χ1n) is 4.97. The summed E-state index contributed by atoms with van der Waals surface area (Å²) in [6.45, 7) is -0.472. The third-order valence-corrected chi connectivity index (χ3v) is 2.33. The third kappa shape index (κ3) is 2.07. The van der Waals surface area contributed by atoms with E-state index in [-0.39, 0.29) is 11.3 Å². The van der Waals surface area contributed by atoms with Gasteiger partial charge in [-0.1, -0.05) is 0 Å². The number of aliphatic hydroxyl groups is 1. The quantitative estimate of drug-likeness (QED) is 0.846. The molecule has 0 spiro atoms. The molecule has 0 aliphatic rings. The minimum atomic E-state index is -0.891. The second-order valence-corrected chi connectivity index (χ2v) is 3.58. The molecule has 0 atom stereocenters. The lowest BCUT2D eigenvalue weighted by molar-refractivity contribution is 0.0995. The number of nitrogens with zero attached hydrogens (tertiary/aromatic N) is 2. The fourth-order valence-corrected chi connectivity index (χ4v) is 1.51. The number of nitrogens with two attached hydrogens (primary N) is 1. The number of hydrogen-bond donors (Lipinski definition) is 2. The summed E-state index contributed by atoms with van der Waals surface area (Å²) in [5.74, 6) is -2.57. The van der Waals surface area contributed by atoms with Crippen LogP contribution >= 0.6 is 0 Å². The first kappa shape index (κ1) is 12.2. The van der Waals surface area contributed by atoms with Crippen molar-refractivity contribution in [3.05, 3.63) is 47.3 Å². The Hall–Kier alpha value is -2.28. The summed E-state index contributed by atoms with van der Waals surface area (Å²) >= 11 is 0. The van der Waals surface area contributed by atoms with Crippen molar-refractivity contribution in [2.75, 3.05) is 0 Å². The van der Waals surface area contributed by atoms with Crippen LogP contribution in [0.3, 0.4) is 0 Å². The van der Waals surface area contributed by atoms with Crippen LogP contribution in [0.2, 0.25) is 0 Å². The number of hydrogen-bond acceptors (Lipinski definition) is 3. The van der Waals surface area contributed by atoms with E-state index in [9.17, 15) is 13.6 Å². The topological polar surface area (TPSA) is 81.1 Å². The van der Waals surface area contributed by atoms with E-state index in [0.29, 0.717) is 0 Å². The standard InChI is InChI=1S/C11H9F2N3O2/c12-7-3-6(5-17)4-8(13)10(7)16-2-1-9(15-16)11(14)18/h1-4,17H,5H2,(H2,14,18). The fraction of sp³-hybridized carbons (Fsp3) is 0.0909. The fourth-order valence-electron chi connectivity index (χ4n) is 1.51. The summed E-state index contributed by atoms with van der Waals surface area (Å²) in [6.07, 6.45) is 1.22. The first-order valence-corrected chi connectivity index (χ1v) is 4.97. The smallest absolute Gasteiger partial charge is 0.269 e. The summed E-state index contributed by atoms with van der Waals surface area (Å²) in [4.78, 5) is 10.8. The van der Waals surface area contributed by atoms with Gasteiger partial charge in [-0.25, -0.2) is 13.5 Å². The highest BCUT2D eigenvalue weighted by molar-refractivity contribution is 5.90. The van der Waals surface area contributed by atoms with Gasteiger partial charge in [0.15, 0.2) is 11.6 Å². The lowest BCUT2D eigenvalue weighted by Gasteiger charge is -2.06. The molecule has 18 heavy (non-hydrogen) atoms. The van der Waals surface area contributed by atoms with Crippen LogP contribution in [-0.2, 0) is 6.61 Å². The van der Waals surface area contributed by atoms with Crippen LogP contribution in [0.15, 0.2) is 24.4 Å². The molecule has 94 valence electrons. The summed E-state index contributed by atoms with van der Waals surface area (Å²) in [6, 6.07) is 3.23. The minimum Gasteiger partial charge on any atom is -0.392 e. The zero-order valence-electron chi connectivity index (χ0n) is 9.10. The van der Waals surface area contributed by atoms with Crippen molar-refractivity contribution in [2.45, 2.75) is 6.61 Å². The zero-order chi connectivity index (χ0) is 13.3. The molecule has 1 aromatic heterocycles. The molecule has 0 saturated carbocycles. The van der Waals surface area contributed by atoms with Crippen molar-refractivity contribution in [3.8, 4) is 5.69 Å². The largest absolute Gasteiger partial charge is 0.392 e. The normalized spacial score (nSPS) is 10.6. The third-order valence-electron chi connectivity index (χ3n) is 2.33. The Balaban J connectivity index is 2.53. The molecule has 2 rings (SSSR count). The van der Waals surface area contributed by atoms with Gasteiger partial charge in [0, 0.05) is 6.20 Å². The Morgan fingerprint density at radius 2 is 2.00 bits per heavy atom. The van der Waals surface area contributed by atoms with Gasteiger partial charge >= 0.3 is 0 Å². The van der Waals surface area contributed by atoms with E-state index in [2.05, 4.69) is 5.10 Å². The lowest BCUT2D eigenvalue weighted by Crippen LogP contribution is -2.13. The van der Waals surface area contributed by atoms with E-state index in [1.807, 2.05) is 0 Å². The van der Waals surface area contributed by atoms with Crippen LogP contribution in [-0.4, -0.2) is 20.8 Å². The maximum Gasteiger partial charge on any atom is 0.269 e. The molecule has 1 heterocycles. The minimum absolute atomic E-state index is 0.0972. The van der Waals surface area contributed by atoms with E-state index < -0.39 is 29.8 Å². The molecule has 0 radical (unpaired) electrons. The van der Waals surface area contributed by atoms with Crippen LogP contribution < -0.4 is 5.73 Å². The van der Waals surface area contributed by atoms with Crippen molar-refractivity contribution in [1.82, 2.24) is 9.78 Å². The Kier molecular flexibility index (Phi) is 3.07. The van der Waals surface area contributed by atoms with Crippen molar-refractivity contribution >= 4 is 5.91 Å². The molecule has 0 bridgehead atoms. The van der Waals surface area contributed by atoms with Gasteiger partial charge in [-0.3, -0.25) is 4.79 Å². The number of halogens is 2. The molecule has 0 unspecified atom stereocenters. The molecule has 0 aliphatic heterocycles. The van der Waals surface area contributed by atoms with E-state index in [4.69, 9.17) is 10.8 Å². The Morgan fingerprint density at radius 3 is 2.44 bits per heavy atom. The Bertz CT molecular complexity index is 587. The molecule has 1 aromatic carbocycles. The van der Waals surface area contributed by atoms with Crippen molar-refractivity contribution in [3.63, 3.8) is 0 Å². The number of benzene rings is 1. The summed E-state index contributed by atoms with van der Waals surface area (Å²) in [5, 5.41) is 12.5. The van der Waals surface area contributed by atoms with E-state index in [1.54, 1.807) is 0 Å². The van der Waals surface area contributed by atoms with Gasteiger partial charge in [-0.15, -0.1) is 0 Å². The molecular weight excluding hydrogens is 244 g/mol. The number of carbonyl (C=O) groups excluding carboxylic acids is 1. The number of amides is 1. The van der Waals surface area contributed by atoms with E-state index in [1.165, 1.54) is 12.3 Å². The predicted octanol–water partition coefficient (Wildman–Crippen LogP) is 0.742. The predicted molar refractivity (Wildman–Crippen MR) is 57.9 cm³/mol. The number of aliphatic hydroxyl groups excluding tert-OH is 1. The van der Waals surface area contributed by atoms with Gasteiger partial charge in [-0.2, -0.15) is 5.10 Å². The van der Waals surface area contributed by atoms with Gasteiger partial charge in [0.2, 0.25) is 0 Å². The summed E-state index contributed by atoms with van der Waals surface area (Å²) < 4.78 is 28.2. The lowest BCUT2D eigenvalue weighted by atomic mass is 10.2. The SMILES string of the molecule is NC(=O)c1ccn(-c2c(F)cc(CO)cc2F)n1. The molecular formula is C11H9F2N3O2. The molecule has 3 N–H and O–H groups in total. The van der Waals surface area contributed by atoms with Crippen molar-refractivity contribution in [1.29, 1.82) is 0 Å². The van der Waals surface area contributed by atoms with Gasteiger partial charge < -0.3 is 10.8 Å². The maximum absolute atomic E-state index is 13.7. The average molecular weight is 253 g/mol. The van der Waals surface area contributed by atoms with Gasteiger partial charge in [0.25, 0.3) is 5.91 Å². The zero-order valence-corrected chi connectivity index (χ0v) is 9.10. The molecule has 7 heteroatoms. The van der Waals surface area contributed by atoms with Gasteiger partial charge in [-0.05, 0) is 23.8 Å². The van der Waals surface area contributed by atoms with E-state index in [0.717, 1.165) is 16.8 Å². The Labute approximate surface area is 100 Å². The summed E-state index contributed by atoms with van der Waals surface area (Å²) in [5.41, 5.74) is 4.57. The molecule has 0 saturated heterocycles. The molecule has 0 aliphatic carbocycles. The van der Waals surface area contributed by atoms with Crippen LogP contribution in [0.1, 0.15) is 16.1 Å². The first-order chi connectivity index (χ1) is 8.52. The monoisotopic (exact) mass is 253 g/mol. The number of carbonyl (C=O) groups is 1. The highest BCUT2D eigenvalue weighted by Crippen LogP contribution is 2.19. The van der Waals surface area contributed by atoms with Crippen LogP contribution in [0.25, 0.3) is 5.69 Å². The molecule has 2 aromatic rings. The Morgan fingerprint density at radius 1 is 1.39 bits per heavy atom.